The van der Waals surface area contributed by atoms with Crippen LogP contribution in [-0.2, 0) is 0 Å². The first kappa shape index (κ1) is 13.6. The maximum atomic E-state index is 6.21. The minimum absolute atomic E-state index is 0.527. The van der Waals surface area contributed by atoms with Crippen molar-refractivity contribution in [3.8, 4) is 11.4 Å². The lowest BCUT2D eigenvalue weighted by atomic mass is 9.85. The molecule has 1 aliphatic rings. The molecule has 1 saturated carbocycles. The maximum Gasteiger partial charge on any atom is 0.150 e. The highest BCUT2D eigenvalue weighted by Crippen LogP contribution is 2.39. The van der Waals surface area contributed by atoms with Gasteiger partial charge in [0.25, 0.3) is 0 Å². The first-order valence-corrected chi connectivity index (χ1v) is 8.43. The Morgan fingerprint density at radius 1 is 1.29 bits per heavy atom. The van der Waals surface area contributed by atoms with Gasteiger partial charge in [-0.1, -0.05) is 24.6 Å². The van der Waals surface area contributed by atoms with Gasteiger partial charge in [0.1, 0.15) is 22.9 Å². The number of anilines is 1. The zero-order valence-corrected chi connectivity index (χ0v) is 13.6. The third-order valence-corrected chi connectivity index (χ3v) is 5.20. The van der Waals surface area contributed by atoms with E-state index < -0.39 is 0 Å². The van der Waals surface area contributed by atoms with Gasteiger partial charge in [-0.05, 0) is 31.4 Å². The Hall–Kier alpha value is -2.82. The number of nitrogen functional groups attached to an aromatic ring is 1. The Morgan fingerprint density at radius 2 is 2.17 bits per heavy atom. The van der Waals surface area contributed by atoms with Gasteiger partial charge in [-0.3, -0.25) is 4.40 Å². The molecule has 0 spiro atoms. The highest BCUT2D eigenvalue weighted by molar-refractivity contribution is 5.92. The van der Waals surface area contributed by atoms with Crippen molar-refractivity contribution in [3.05, 3.63) is 48.0 Å². The highest BCUT2D eigenvalue weighted by Gasteiger charge is 2.27. The van der Waals surface area contributed by atoms with Crippen molar-refractivity contribution >= 4 is 22.2 Å². The van der Waals surface area contributed by atoms with Crippen molar-refractivity contribution < 1.29 is 0 Å². The van der Waals surface area contributed by atoms with Gasteiger partial charge in [0.15, 0.2) is 0 Å². The number of rotatable bonds is 2. The Labute approximate surface area is 139 Å². The van der Waals surface area contributed by atoms with Crippen molar-refractivity contribution in [2.45, 2.75) is 32.1 Å². The van der Waals surface area contributed by atoms with E-state index in [1.165, 1.54) is 30.2 Å². The van der Waals surface area contributed by atoms with Crippen LogP contribution in [0.1, 0.15) is 36.6 Å². The lowest BCUT2D eigenvalue weighted by molar-refractivity contribution is 0.400. The van der Waals surface area contributed by atoms with Gasteiger partial charge < -0.3 is 10.7 Å². The van der Waals surface area contributed by atoms with E-state index in [2.05, 4.69) is 45.6 Å². The Bertz CT molecular complexity index is 1070. The molecule has 1 fully saturated rings. The van der Waals surface area contributed by atoms with E-state index >= 15 is 0 Å². The molecule has 120 valence electrons. The molecule has 24 heavy (non-hydrogen) atoms. The Kier molecular flexibility index (Phi) is 2.74. The predicted molar refractivity (Wildman–Crippen MR) is 96.0 cm³/mol. The van der Waals surface area contributed by atoms with E-state index in [0.717, 1.165) is 28.2 Å². The summed E-state index contributed by atoms with van der Waals surface area (Å²) < 4.78 is 2.12. The van der Waals surface area contributed by atoms with E-state index in [0.29, 0.717) is 11.7 Å². The van der Waals surface area contributed by atoms with Gasteiger partial charge in [0, 0.05) is 29.2 Å². The number of aromatic nitrogens is 4. The zero-order chi connectivity index (χ0) is 16.3. The van der Waals surface area contributed by atoms with Gasteiger partial charge in [-0.15, -0.1) is 0 Å². The normalized spacial score (nSPS) is 15.2. The Morgan fingerprint density at radius 3 is 2.92 bits per heavy atom. The number of hydrogen-bond acceptors (Lipinski definition) is 3. The predicted octanol–water partition coefficient (Wildman–Crippen LogP) is 4.04. The van der Waals surface area contributed by atoms with Gasteiger partial charge >= 0.3 is 0 Å². The molecule has 5 nitrogen and oxygen atoms in total. The summed E-state index contributed by atoms with van der Waals surface area (Å²) in [6, 6.07) is 8.47. The van der Waals surface area contributed by atoms with Crippen LogP contribution in [0.15, 0.2) is 36.7 Å². The van der Waals surface area contributed by atoms with Crippen LogP contribution in [0, 0.1) is 6.92 Å². The van der Waals surface area contributed by atoms with Crippen LogP contribution in [0.3, 0.4) is 0 Å². The first-order chi connectivity index (χ1) is 11.7. The van der Waals surface area contributed by atoms with Crippen molar-refractivity contribution in [3.63, 3.8) is 0 Å². The number of hydrogen-bond donors (Lipinski definition) is 2. The van der Waals surface area contributed by atoms with E-state index in [9.17, 15) is 0 Å². The molecule has 0 bridgehead atoms. The van der Waals surface area contributed by atoms with Crippen LogP contribution in [0.4, 0.5) is 5.82 Å². The lowest BCUT2D eigenvalue weighted by Gasteiger charge is -2.23. The number of nitrogens with zero attached hydrogens (tertiary/aromatic N) is 3. The van der Waals surface area contributed by atoms with Gasteiger partial charge in [-0.2, -0.15) is 0 Å². The van der Waals surface area contributed by atoms with Gasteiger partial charge in [0.2, 0.25) is 0 Å². The molecule has 1 aromatic carbocycles. The number of para-hydroxylation sites is 1. The van der Waals surface area contributed by atoms with Crippen LogP contribution in [0.2, 0.25) is 0 Å². The number of imidazole rings is 1. The molecule has 3 heterocycles. The number of H-pyrrole nitrogens is 1. The fraction of sp³-hybridized carbons (Fsp3) is 0.263. The summed E-state index contributed by atoms with van der Waals surface area (Å²) in [5.41, 5.74) is 11.4. The van der Waals surface area contributed by atoms with Crippen LogP contribution in [0.5, 0.6) is 0 Å². The average molecular weight is 317 g/mol. The second kappa shape index (κ2) is 4.84. The summed E-state index contributed by atoms with van der Waals surface area (Å²) in [7, 11) is 0. The quantitative estimate of drug-likeness (QED) is 0.586. The number of nitrogens with two attached hydrogens (primary N) is 1. The molecule has 1 aliphatic carbocycles. The van der Waals surface area contributed by atoms with Gasteiger partial charge in [0.05, 0.1) is 5.69 Å². The van der Waals surface area contributed by atoms with Crippen molar-refractivity contribution in [2.75, 3.05) is 5.73 Å². The first-order valence-electron chi connectivity index (χ1n) is 8.43. The molecular formula is C19H19N5. The molecular weight excluding hydrogens is 298 g/mol. The summed E-state index contributed by atoms with van der Waals surface area (Å²) in [4.78, 5) is 12.8. The molecule has 0 unspecified atom stereocenters. The SMILES string of the molecule is Cc1cccc2cc(-c3nc(C4CCC4)n4ccnc(N)c34)[nH]c12. The standard InChI is InChI=1S/C19H19N5/c1-11-4-2-7-13-10-14(22-15(11)13)16-17-18(20)21-8-9-24(17)19(23-16)12-5-3-6-12/h2,4,7-10,12,22H,3,5-6H2,1H3,(H2,20,21). The fourth-order valence-corrected chi connectivity index (χ4v) is 3.66. The van der Waals surface area contributed by atoms with E-state index in [-0.39, 0.29) is 0 Å². The third-order valence-electron chi connectivity index (χ3n) is 5.20. The average Bonchev–Trinajstić information content (AvgIpc) is 3.09. The highest BCUT2D eigenvalue weighted by atomic mass is 15.1. The number of fused-ring (bicyclic) bond motifs is 2. The molecule has 0 atom stereocenters. The number of nitrogens with one attached hydrogen (secondary N) is 1. The molecule has 0 amide bonds. The van der Waals surface area contributed by atoms with E-state index in [4.69, 9.17) is 10.7 Å². The summed E-state index contributed by atoms with van der Waals surface area (Å²) in [6.45, 7) is 2.11. The van der Waals surface area contributed by atoms with Gasteiger partial charge in [-0.25, -0.2) is 9.97 Å². The molecule has 0 radical (unpaired) electrons. The summed E-state index contributed by atoms with van der Waals surface area (Å²) >= 11 is 0. The second-order valence-electron chi connectivity index (χ2n) is 6.70. The van der Waals surface area contributed by atoms with Crippen molar-refractivity contribution in [1.29, 1.82) is 0 Å². The van der Waals surface area contributed by atoms with Crippen molar-refractivity contribution in [1.82, 2.24) is 19.4 Å². The van der Waals surface area contributed by atoms with Crippen LogP contribution in [-0.4, -0.2) is 19.4 Å². The molecule has 3 aromatic heterocycles. The maximum absolute atomic E-state index is 6.21. The molecule has 5 rings (SSSR count). The number of aromatic amines is 1. The topological polar surface area (TPSA) is 72.0 Å². The largest absolute Gasteiger partial charge is 0.382 e. The molecule has 3 N–H and O–H groups in total. The zero-order valence-electron chi connectivity index (χ0n) is 13.6. The molecule has 4 aromatic rings. The third kappa shape index (κ3) is 1.81. The molecule has 0 saturated heterocycles. The summed E-state index contributed by atoms with van der Waals surface area (Å²) in [5, 5.41) is 1.19. The summed E-state index contributed by atoms with van der Waals surface area (Å²) in [6.07, 6.45) is 7.41. The monoisotopic (exact) mass is 317 g/mol. The smallest absolute Gasteiger partial charge is 0.150 e. The van der Waals surface area contributed by atoms with Crippen molar-refractivity contribution in [2.24, 2.45) is 0 Å². The minimum atomic E-state index is 0.527. The van der Waals surface area contributed by atoms with Crippen LogP contribution < -0.4 is 5.73 Å². The van der Waals surface area contributed by atoms with E-state index in [1.54, 1.807) is 6.20 Å². The molecule has 5 heteroatoms. The summed E-state index contributed by atoms with van der Waals surface area (Å²) in [5.74, 6) is 2.16. The van der Waals surface area contributed by atoms with E-state index in [1.807, 2.05) is 6.20 Å². The molecule has 0 aliphatic heterocycles. The minimum Gasteiger partial charge on any atom is -0.382 e. The number of benzene rings is 1. The lowest BCUT2D eigenvalue weighted by Crippen LogP contribution is -2.12. The Balaban J connectivity index is 1.80. The number of aryl methyl sites for hydroxylation is 1. The van der Waals surface area contributed by atoms with Crippen LogP contribution >= 0.6 is 0 Å². The fourth-order valence-electron chi connectivity index (χ4n) is 3.66. The second-order valence-corrected chi connectivity index (χ2v) is 6.70. The van der Waals surface area contributed by atoms with Crippen LogP contribution in [0.25, 0.3) is 27.8 Å².